The molecule has 0 radical (unpaired) electrons. The average molecular weight is 319 g/mol. The molecule has 122 valence electrons. The summed E-state index contributed by atoms with van der Waals surface area (Å²) in [6.07, 6.45) is -4.00. The standard InChI is InChI=1S/C15H17F4NO2/c1-9-4-11(14(21)22)8-20(6-9)7-10-5-12(15(17,18)19)2-3-13(10)16/h2-3,5,9,11H,4,6-8H2,1H3,(H,21,22). The van der Waals surface area contributed by atoms with Crippen molar-refractivity contribution in [2.45, 2.75) is 26.1 Å². The first kappa shape index (κ1) is 16.7. The van der Waals surface area contributed by atoms with Crippen LogP contribution in [0.25, 0.3) is 0 Å². The predicted octanol–water partition coefficient (Wildman–Crippen LogP) is 3.39. The van der Waals surface area contributed by atoms with Gasteiger partial charge in [-0.25, -0.2) is 4.39 Å². The Morgan fingerprint density at radius 1 is 1.36 bits per heavy atom. The molecule has 2 unspecified atom stereocenters. The summed E-state index contributed by atoms with van der Waals surface area (Å²) in [6, 6.07) is 2.31. The summed E-state index contributed by atoms with van der Waals surface area (Å²) in [5.41, 5.74) is -0.961. The van der Waals surface area contributed by atoms with Gasteiger partial charge in [0.05, 0.1) is 11.5 Å². The van der Waals surface area contributed by atoms with Crippen molar-refractivity contribution in [2.75, 3.05) is 13.1 Å². The zero-order valence-corrected chi connectivity index (χ0v) is 12.0. The van der Waals surface area contributed by atoms with Crippen molar-refractivity contribution in [2.24, 2.45) is 11.8 Å². The Hall–Kier alpha value is -1.63. The van der Waals surface area contributed by atoms with Crippen LogP contribution in [0.4, 0.5) is 17.6 Å². The molecule has 0 bridgehead atoms. The number of alkyl halides is 3. The number of carboxylic acid groups (broad SMARTS) is 1. The summed E-state index contributed by atoms with van der Waals surface area (Å²) in [7, 11) is 0. The SMILES string of the molecule is CC1CC(C(=O)O)CN(Cc2cc(C(F)(F)F)ccc2F)C1. The summed E-state index contributed by atoms with van der Waals surface area (Å²) in [5, 5.41) is 9.10. The molecule has 0 spiro atoms. The minimum atomic E-state index is -4.53. The molecular formula is C15H17F4NO2. The quantitative estimate of drug-likeness (QED) is 0.868. The van der Waals surface area contributed by atoms with E-state index in [9.17, 15) is 22.4 Å². The van der Waals surface area contributed by atoms with Gasteiger partial charge in [0.2, 0.25) is 0 Å². The van der Waals surface area contributed by atoms with Crippen LogP contribution in [0, 0.1) is 17.7 Å². The van der Waals surface area contributed by atoms with Crippen LogP contribution in [-0.2, 0) is 17.5 Å². The van der Waals surface area contributed by atoms with E-state index in [2.05, 4.69) is 0 Å². The molecule has 1 saturated heterocycles. The number of piperidine rings is 1. The fraction of sp³-hybridized carbons (Fsp3) is 0.533. The number of carboxylic acids is 1. The first-order chi connectivity index (χ1) is 10.2. The third-order valence-corrected chi connectivity index (χ3v) is 3.85. The van der Waals surface area contributed by atoms with Crippen LogP contribution in [0.2, 0.25) is 0 Å². The third kappa shape index (κ3) is 3.97. The molecule has 1 N–H and O–H groups in total. The van der Waals surface area contributed by atoms with Gasteiger partial charge in [-0.15, -0.1) is 0 Å². The number of hydrogen-bond acceptors (Lipinski definition) is 2. The lowest BCUT2D eigenvalue weighted by molar-refractivity contribution is -0.144. The molecule has 0 aromatic heterocycles. The van der Waals surface area contributed by atoms with Crippen molar-refractivity contribution in [3.05, 3.63) is 35.1 Å². The molecule has 1 aromatic rings. The summed E-state index contributed by atoms with van der Waals surface area (Å²) >= 11 is 0. The number of halogens is 4. The summed E-state index contributed by atoms with van der Waals surface area (Å²) in [6.45, 7) is 2.61. The number of hydrogen-bond donors (Lipinski definition) is 1. The molecule has 2 atom stereocenters. The van der Waals surface area contributed by atoms with Crippen LogP contribution in [0.3, 0.4) is 0 Å². The molecule has 1 heterocycles. The van der Waals surface area contributed by atoms with Crippen molar-refractivity contribution in [1.29, 1.82) is 0 Å². The van der Waals surface area contributed by atoms with E-state index in [1.54, 1.807) is 4.90 Å². The highest BCUT2D eigenvalue weighted by atomic mass is 19.4. The normalized spacial score (nSPS) is 23.5. The van der Waals surface area contributed by atoms with E-state index in [0.29, 0.717) is 19.0 Å². The Bertz CT molecular complexity index is 559. The summed E-state index contributed by atoms with van der Waals surface area (Å²) in [4.78, 5) is 12.8. The number of benzene rings is 1. The van der Waals surface area contributed by atoms with Gasteiger partial charge in [0.15, 0.2) is 0 Å². The molecule has 22 heavy (non-hydrogen) atoms. The highest BCUT2D eigenvalue weighted by Crippen LogP contribution is 2.31. The second-order valence-corrected chi connectivity index (χ2v) is 5.87. The van der Waals surface area contributed by atoms with E-state index in [4.69, 9.17) is 5.11 Å². The highest BCUT2D eigenvalue weighted by Gasteiger charge is 2.32. The number of likely N-dealkylation sites (tertiary alicyclic amines) is 1. The van der Waals surface area contributed by atoms with Crippen LogP contribution in [0.5, 0.6) is 0 Å². The van der Waals surface area contributed by atoms with Crippen LogP contribution in [0.15, 0.2) is 18.2 Å². The van der Waals surface area contributed by atoms with E-state index in [1.165, 1.54) is 0 Å². The minimum Gasteiger partial charge on any atom is -0.481 e. The van der Waals surface area contributed by atoms with Gasteiger partial charge in [-0.3, -0.25) is 9.69 Å². The van der Waals surface area contributed by atoms with Crippen molar-refractivity contribution in [3.8, 4) is 0 Å². The zero-order chi connectivity index (χ0) is 16.5. The molecule has 1 fully saturated rings. The molecule has 1 aliphatic rings. The Morgan fingerprint density at radius 2 is 2.05 bits per heavy atom. The summed E-state index contributed by atoms with van der Waals surface area (Å²) in [5.74, 6) is -2.11. The zero-order valence-electron chi connectivity index (χ0n) is 12.0. The van der Waals surface area contributed by atoms with E-state index in [1.807, 2.05) is 6.92 Å². The second-order valence-electron chi connectivity index (χ2n) is 5.87. The molecule has 7 heteroatoms. The van der Waals surface area contributed by atoms with Gasteiger partial charge in [-0.1, -0.05) is 6.92 Å². The Labute approximate surface area is 125 Å². The lowest BCUT2D eigenvalue weighted by Crippen LogP contribution is -2.42. The van der Waals surface area contributed by atoms with E-state index >= 15 is 0 Å². The van der Waals surface area contributed by atoms with Crippen molar-refractivity contribution >= 4 is 5.97 Å². The smallest absolute Gasteiger partial charge is 0.416 e. The maximum atomic E-state index is 13.8. The molecule has 0 saturated carbocycles. The van der Waals surface area contributed by atoms with Gasteiger partial charge in [0.25, 0.3) is 0 Å². The second kappa shape index (κ2) is 6.24. The lowest BCUT2D eigenvalue weighted by Gasteiger charge is -2.34. The van der Waals surface area contributed by atoms with Gasteiger partial charge in [-0.05, 0) is 30.5 Å². The van der Waals surface area contributed by atoms with Gasteiger partial charge < -0.3 is 5.11 Å². The Balaban J connectivity index is 2.17. The van der Waals surface area contributed by atoms with Crippen LogP contribution >= 0.6 is 0 Å². The van der Waals surface area contributed by atoms with E-state index in [-0.39, 0.29) is 24.6 Å². The first-order valence-corrected chi connectivity index (χ1v) is 6.97. The van der Waals surface area contributed by atoms with Crippen LogP contribution in [0.1, 0.15) is 24.5 Å². The first-order valence-electron chi connectivity index (χ1n) is 6.97. The number of nitrogens with zero attached hydrogens (tertiary/aromatic N) is 1. The third-order valence-electron chi connectivity index (χ3n) is 3.85. The molecule has 0 aliphatic carbocycles. The van der Waals surface area contributed by atoms with Crippen molar-refractivity contribution in [3.63, 3.8) is 0 Å². The molecule has 0 amide bonds. The van der Waals surface area contributed by atoms with Gasteiger partial charge in [0, 0.05) is 25.2 Å². The van der Waals surface area contributed by atoms with Crippen LogP contribution < -0.4 is 0 Å². The van der Waals surface area contributed by atoms with E-state index in [0.717, 1.165) is 12.1 Å². The molecule has 3 nitrogen and oxygen atoms in total. The molecule has 1 aromatic carbocycles. The lowest BCUT2D eigenvalue weighted by atomic mass is 9.90. The van der Waals surface area contributed by atoms with Crippen LogP contribution in [-0.4, -0.2) is 29.1 Å². The minimum absolute atomic E-state index is 0.0239. The fourth-order valence-electron chi connectivity index (χ4n) is 2.88. The topological polar surface area (TPSA) is 40.5 Å². The number of carbonyl (C=O) groups is 1. The maximum Gasteiger partial charge on any atom is 0.416 e. The molecule has 2 rings (SSSR count). The summed E-state index contributed by atoms with van der Waals surface area (Å²) < 4.78 is 51.8. The Morgan fingerprint density at radius 3 is 2.64 bits per heavy atom. The maximum absolute atomic E-state index is 13.8. The largest absolute Gasteiger partial charge is 0.481 e. The van der Waals surface area contributed by atoms with Crippen molar-refractivity contribution < 1.29 is 27.5 Å². The molecular weight excluding hydrogens is 302 g/mol. The number of rotatable bonds is 3. The monoisotopic (exact) mass is 319 g/mol. The average Bonchev–Trinajstić information content (AvgIpc) is 2.39. The fourth-order valence-corrected chi connectivity index (χ4v) is 2.88. The Kier molecular flexibility index (Phi) is 4.75. The number of aliphatic carboxylic acids is 1. The van der Waals surface area contributed by atoms with Crippen molar-refractivity contribution in [1.82, 2.24) is 4.90 Å². The predicted molar refractivity (Wildman–Crippen MR) is 71.6 cm³/mol. The molecule has 1 aliphatic heterocycles. The van der Waals surface area contributed by atoms with Gasteiger partial charge in [0.1, 0.15) is 5.82 Å². The highest BCUT2D eigenvalue weighted by molar-refractivity contribution is 5.70. The van der Waals surface area contributed by atoms with Gasteiger partial charge in [-0.2, -0.15) is 13.2 Å². The van der Waals surface area contributed by atoms with Gasteiger partial charge >= 0.3 is 12.1 Å². The van der Waals surface area contributed by atoms with E-state index < -0.39 is 29.4 Å².